The van der Waals surface area contributed by atoms with Gasteiger partial charge in [0.15, 0.2) is 5.96 Å². The van der Waals surface area contributed by atoms with Crippen molar-refractivity contribution in [2.75, 3.05) is 38.2 Å². The number of aliphatic imine (C=N–C) groups is 1. The van der Waals surface area contributed by atoms with Gasteiger partial charge in [-0.05, 0) is 24.1 Å². The van der Waals surface area contributed by atoms with E-state index in [1.54, 1.807) is 11.9 Å². The van der Waals surface area contributed by atoms with Gasteiger partial charge in [-0.25, -0.2) is 8.78 Å². The van der Waals surface area contributed by atoms with E-state index in [1.807, 2.05) is 30.3 Å². The molecule has 1 unspecified atom stereocenters. The molecule has 0 radical (unpaired) electrons. The maximum Gasteiger partial charge on any atom is 0.191 e. The van der Waals surface area contributed by atoms with Crippen molar-refractivity contribution in [1.29, 1.82) is 0 Å². The summed E-state index contributed by atoms with van der Waals surface area (Å²) in [6.45, 7) is 2.84. The molecule has 1 aliphatic rings. The number of nitrogens with zero attached hydrogens (tertiary/aromatic N) is 2. The number of hydrogen-bond donors (Lipinski definition) is 2. The van der Waals surface area contributed by atoms with Gasteiger partial charge in [0.1, 0.15) is 17.3 Å². The zero-order chi connectivity index (χ0) is 19.8. The van der Waals surface area contributed by atoms with Crippen LogP contribution in [-0.4, -0.2) is 45.3 Å². The number of ether oxygens (including phenoxy) is 1. The van der Waals surface area contributed by atoms with Crippen LogP contribution in [0.1, 0.15) is 12.0 Å². The fraction of sp³-hybridized carbons (Fsp3) is 0.381. The van der Waals surface area contributed by atoms with Crippen LogP contribution in [0.2, 0.25) is 0 Å². The molecule has 0 aromatic heterocycles. The minimum absolute atomic E-state index is 0.0454. The standard InChI is InChI=1S/C21H26F2N4O/c1-24-21(25-11-13-28-15-16-6-3-2-4-7-16)26-17-10-12-27(14-17)20-18(22)8-5-9-19(20)23/h2-9,17H,10-15H2,1H3,(H2,24,25,26). The van der Waals surface area contributed by atoms with Crippen LogP contribution in [0.25, 0.3) is 0 Å². The van der Waals surface area contributed by atoms with E-state index in [0.29, 0.717) is 38.8 Å². The van der Waals surface area contributed by atoms with Crippen molar-refractivity contribution in [2.24, 2.45) is 4.99 Å². The van der Waals surface area contributed by atoms with Gasteiger partial charge in [-0.3, -0.25) is 4.99 Å². The van der Waals surface area contributed by atoms with Crippen LogP contribution in [0, 0.1) is 11.6 Å². The first kappa shape index (κ1) is 20.1. The van der Waals surface area contributed by atoms with Crippen molar-refractivity contribution in [1.82, 2.24) is 10.6 Å². The number of halogens is 2. The van der Waals surface area contributed by atoms with E-state index >= 15 is 0 Å². The van der Waals surface area contributed by atoms with E-state index in [1.165, 1.54) is 18.2 Å². The molecule has 7 heteroatoms. The third kappa shape index (κ3) is 5.42. The summed E-state index contributed by atoms with van der Waals surface area (Å²) in [6, 6.07) is 14.0. The van der Waals surface area contributed by atoms with Crippen molar-refractivity contribution in [2.45, 2.75) is 19.1 Å². The highest BCUT2D eigenvalue weighted by atomic mass is 19.1. The molecule has 2 aromatic rings. The highest BCUT2D eigenvalue weighted by molar-refractivity contribution is 5.80. The lowest BCUT2D eigenvalue weighted by Crippen LogP contribution is -2.45. The Kier molecular flexibility index (Phi) is 7.19. The van der Waals surface area contributed by atoms with E-state index in [9.17, 15) is 8.78 Å². The number of guanidine groups is 1. The van der Waals surface area contributed by atoms with Crippen molar-refractivity contribution in [3.05, 3.63) is 65.7 Å². The van der Waals surface area contributed by atoms with Gasteiger partial charge < -0.3 is 20.3 Å². The molecule has 2 aromatic carbocycles. The zero-order valence-electron chi connectivity index (χ0n) is 16.0. The smallest absolute Gasteiger partial charge is 0.191 e. The summed E-state index contributed by atoms with van der Waals surface area (Å²) in [5.41, 5.74) is 1.18. The molecule has 5 nitrogen and oxygen atoms in total. The summed E-state index contributed by atoms with van der Waals surface area (Å²) in [7, 11) is 1.70. The molecule has 28 heavy (non-hydrogen) atoms. The summed E-state index contributed by atoms with van der Waals surface area (Å²) in [6.07, 6.45) is 0.777. The number of benzene rings is 2. The van der Waals surface area contributed by atoms with Crippen LogP contribution in [0.15, 0.2) is 53.5 Å². The highest BCUT2D eigenvalue weighted by Gasteiger charge is 2.27. The van der Waals surface area contributed by atoms with E-state index in [4.69, 9.17) is 4.74 Å². The molecule has 3 rings (SSSR count). The molecular weight excluding hydrogens is 362 g/mol. The molecule has 1 heterocycles. The minimum atomic E-state index is -0.529. The van der Waals surface area contributed by atoms with Gasteiger partial charge in [-0.15, -0.1) is 0 Å². The van der Waals surface area contributed by atoms with Crippen molar-refractivity contribution in [3.8, 4) is 0 Å². The molecule has 2 N–H and O–H groups in total. The fourth-order valence-corrected chi connectivity index (χ4v) is 3.27. The average Bonchev–Trinajstić information content (AvgIpc) is 3.15. The SMILES string of the molecule is CN=C(NCCOCc1ccccc1)NC1CCN(c2c(F)cccc2F)C1. The molecule has 0 saturated carbocycles. The molecule has 1 saturated heterocycles. The Bertz CT molecular complexity index is 765. The van der Waals surface area contributed by atoms with Gasteiger partial charge in [0.05, 0.1) is 13.2 Å². The lowest BCUT2D eigenvalue weighted by Gasteiger charge is -2.21. The molecule has 150 valence electrons. The zero-order valence-corrected chi connectivity index (χ0v) is 16.0. The first-order valence-corrected chi connectivity index (χ1v) is 9.45. The summed E-state index contributed by atoms with van der Waals surface area (Å²) in [5.74, 6) is -0.401. The Morgan fingerprint density at radius 3 is 2.61 bits per heavy atom. The Morgan fingerprint density at radius 2 is 1.89 bits per heavy atom. The second-order valence-electron chi connectivity index (χ2n) is 6.68. The molecule has 0 amide bonds. The molecular formula is C21H26F2N4O. The molecule has 1 atom stereocenters. The van der Waals surface area contributed by atoms with Crippen molar-refractivity contribution in [3.63, 3.8) is 0 Å². The molecule has 1 aliphatic heterocycles. The Hall–Kier alpha value is -2.67. The number of anilines is 1. The molecule has 0 aliphatic carbocycles. The second kappa shape index (κ2) is 10.0. The van der Waals surface area contributed by atoms with E-state index in [2.05, 4.69) is 15.6 Å². The molecule has 0 bridgehead atoms. The maximum atomic E-state index is 14.0. The second-order valence-corrected chi connectivity index (χ2v) is 6.68. The Labute approximate surface area is 164 Å². The number of nitrogens with one attached hydrogen (secondary N) is 2. The van der Waals surface area contributed by atoms with Crippen LogP contribution in [0.3, 0.4) is 0 Å². The van der Waals surface area contributed by atoms with Crippen LogP contribution in [-0.2, 0) is 11.3 Å². The quantitative estimate of drug-likeness (QED) is 0.435. The average molecular weight is 388 g/mol. The Morgan fingerprint density at radius 1 is 1.14 bits per heavy atom. The molecule has 0 spiro atoms. The van der Waals surface area contributed by atoms with Crippen LogP contribution < -0.4 is 15.5 Å². The summed E-state index contributed by atoms with van der Waals surface area (Å²) >= 11 is 0. The van der Waals surface area contributed by atoms with Gasteiger partial charge in [0.2, 0.25) is 0 Å². The van der Waals surface area contributed by atoms with Crippen LogP contribution >= 0.6 is 0 Å². The topological polar surface area (TPSA) is 48.9 Å². The predicted molar refractivity (Wildman–Crippen MR) is 108 cm³/mol. The lowest BCUT2D eigenvalue weighted by atomic mass is 10.2. The first-order valence-electron chi connectivity index (χ1n) is 9.45. The largest absolute Gasteiger partial charge is 0.375 e. The Balaban J connectivity index is 1.40. The van der Waals surface area contributed by atoms with E-state index in [-0.39, 0.29) is 11.7 Å². The van der Waals surface area contributed by atoms with Crippen molar-refractivity contribution < 1.29 is 13.5 Å². The number of rotatable bonds is 7. The minimum Gasteiger partial charge on any atom is -0.375 e. The highest BCUT2D eigenvalue weighted by Crippen LogP contribution is 2.26. The van der Waals surface area contributed by atoms with Gasteiger partial charge in [-0.1, -0.05) is 36.4 Å². The van der Waals surface area contributed by atoms with Gasteiger partial charge >= 0.3 is 0 Å². The third-order valence-electron chi connectivity index (χ3n) is 4.66. The summed E-state index contributed by atoms with van der Waals surface area (Å²) in [5, 5.41) is 6.52. The van der Waals surface area contributed by atoms with E-state index in [0.717, 1.165) is 12.0 Å². The third-order valence-corrected chi connectivity index (χ3v) is 4.66. The van der Waals surface area contributed by atoms with Gasteiger partial charge in [0, 0.05) is 32.7 Å². The summed E-state index contributed by atoms with van der Waals surface area (Å²) in [4.78, 5) is 5.95. The van der Waals surface area contributed by atoms with Gasteiger partial charge in [-0.2, -0.15) is 0 Å². The first-order chi connectivity index (χ1) is 13.7. The lowest BCUT2D eigenvalue weighted by molar-refractivity contribution is 0.125. The maximum absolute atomic E-state index is 14.0. The number of hydrogen-bond acceptors (Lipinski definition) is 3. The normalized spacial score (nSPS) is 17.0. The number of para-hydroxylation sites is 1. The monoisotopic (exact) mass is 388 g/mol. The van der Waals surface area contributed by atoms with Crippen LogP contribution in [0.5, 0.6) is 0 Å². The van der Waals surface area contributed by atoms with E-state index < -0.39 is 11.6 Å². The van der Waals surface area contributed by atoms with Gasteiger partial charge in [0.25, 0.3) is 0 Å². The summed E-state index contributed by atoms with van der Waals surface area (Å²) < 4.78 is 33.6. The van der Waals surface area contributed by atoms with Crippen molar-refractivity contribution >= 4 is 11.6 Å². The van der Waals surface area contributed by atoms with Crippen LogP contribution in [0.4, 0.5) is 14.5 Å². The predicted octanol–water partition coefficient (Wildman–Crippen LogP) is 2.93. The fourth-order valence-electron chi connectivity index (χ4n) is 3.27. The molecule has 1 fully saturated rings.